The van der Waals surface area contributed by atoms with E-state index in [2.05, 4.69) is 5.32 Å². The Hall–Kier alpha value is -2.36. The van der Waals surface area contributed by atoms with Crippen LogP contribution in [0.2, 0.25) is 0 Å². The number of hydrogen-bond donors (Lipinski definition) is 1. The lowest BCUT2D eigenvalue weighted by Crippen LogP contribution is -2.45. The Kier molecular flexibility index (Phi) is 11.7. The lowest BCUT2D eigenvalue weighted by Gasteiger charge is -2.26. The van der Waals surface area contributed by atoms with Crippen molar-refractivity contribution in [1.82, 2.24) is 20.0 Å². The smallest absolute Gasteiger partial charge is 0.417 e. The molecule has 1 N–H and O–H groups in total. The average Bonchev–Trinajstić information content (AvgIpc) is 2.91. The summed E-state index contributed by atoms with van der Waals surface area (Å²) in [7, 11) is 1.84. The van der Waals surface area contributed by atoms with E-state index in [1.165, 1.54) is 4.90 Å². The first-order valence-electron chi connectivity index (χ1n) is 10.7. The van der Waals surface area contributed by atoms with Gasteiger partial charge in [-0.3, -0.25) is 14.5 Å². The molecule has 2 heterocycles. The van der Waals surface area contributed by atoms with Crippen LogP contribution in [0.25, 0.3) is 0 Å². The van der Waals surface area contributed by atoms with Crippen LogP contribution < -0.4 is 5.32 Å². The van der Waals surface area contributed by atoms with Gasteiger partial charge >= 0.3 is 12.2 Å². The SMILES string of the molecule is C.CC(C)(C)OC(=O)N1CCCN(C(=O)OC(C)(C)C)C(=O)C1.CN1CCCNCC1=O. The molecule has 0 aliphatic carbocycles. The van der Waals surface area contributed by atoms with Crippen molar-refractivity contribution < 1.29 is 28.7 Å². The number of imide groups is 1. The van der Waals surface area contributed by atoms with Gasteiger partial charge < -0.3 is 19.7 Å². The molecule has 2 aliphatic heterocycles. The molecule has 2 rings (SSSR count). The van der Waals surface area contributed by atoms with Crippen molar-refractivity contribution in [3.05, 3.63) is 0 Å². The molecule has 0 spiro atoms. The summed E-state index contributed by atoms with van der Waals surface area (Å²) in [5, 5.41) is 3.04. The van der Waals surface area contributed by atoms with Crippen LogP contribution in [0.1, 0.15) is 61.8 Å². The van der Waals surface area contributed by atoms with Gasteiger partial charge in [-0.05, 0) is 60.9 Å². The molecule has 0 atom stereocenters. The first kappa shape index (κ1) is 29.6. The summed E-state index contributed by atoms with van der Waals surface area (Å²) in [5.41, 5.74) is -1.30. The van der Waals surface area contributed by atoms with E-state index in [1.807, 2.05) is 7.05 Å². The Morgan fingerprint density at radius 1 is 0.844 bits per heavy atom. The number of nitrogens with zero attached hydrogens (tertiary/aromatic N) is 3. The fraction of sp³-hybridized carbons (Fsp3) is 0.818. The fourth-order valence-electron chi connectivity index (χ4n) is 2.76. The Bertz CT molecular complexity index is 654. The molecule has 186 valence electrons. The largest absolute Gasteiger partial charge is 0.444 e. The van der Waals surface area contributed by atoms with Crippen molar-refractivity contribution in [3.63, 3.8) is 0 Å². The Morgan fingerprint density at radius 2 is 1.41 bits per heavy atom. The number of rotatable bonds is 0. The van der Waals surface area contributed by atoms with E-state index in [9.17, 15) is 19.2 Å². The molecule has 0 aromatic heterocycles. The predicted octanol–water partition coefficient (Wildman–Crippen LogP) is 2.47. The minimum atomic E-state index is -0.677. The maximum absolute atomic E-state index is 12.2. The van der Waals surface area contributed by atoms with Crippen molar-refractivity contribution in [2.45, 2.75) is 73.0 Å². The summed E-state index contributed by atoms with van der Waals surface area (Å²) in [6.07, 6.45) is 0.336. The third-order valence-corrected chi connectivity index (χ3v) is 4.25. The van der Waals surface area contributed by atoms with E-state index >= 15 is 0 Å². The van der Waals surface area contributed by atoms with E-state index in [0.717, 1.165) is 24.4 Å². The molecule has 2 aliphatic rings. The van der Waals surface area contributed by atoms with Crippen LogP contribution in [0, 0.1) is 0 Å². The molecule has 0 aromatic carbocycles. The van der Waals surface area contributed by atoms with Gasteiger partial charge in [0.25, 0.3) is 5.91 Å². The molecule has 0 radical (unpaired) electrons. The summed E-state index contributed by atoms with van der Waals surface area (Å²) in [5.74, 6) is -0.259. The highest BCUT2D eigenvalue weighted by Gasteiger charge is 2.33. The van der Waals surface area contributed by atoms with Crippen molar-refractivity contribution >= 4 is 24.0 Å². The van der Waals surface area contributed by atoms with Gasteiger partial charge in [-0.15, -0.1) is 0 Å². The molecule has 0 aromatic rings. The van der Waals surface area contributed by atoms with E-state index in [4.69, 9.17) is 9.47 Å². The zero-order valence-electron chi connectivity index (χ0n) is 19.9. The fourth-order valence-corrected chi connectivity index (χ4v) is 2.76. The summed E-state index contributed by atoms with van der Waals surface area (Å²) in [4.78, 5) is 51.3. The minimum absolute atomic E-state index is 0. The van der Waals surface area contributed by atoms with Gasteiger partial charge in [0, 0.05) is 26.7 Å². The molecule has 2 fully saturated rings. The Labute approximate surface area is 192 Å². The normalized spacial score (nSPS) is 17.9. The van der Waals surface area contributed by atoms with Gasteiger partial charge in [-0.2, -0.15) is 0 Å². The zero-order valence-corrected chi connectivity index (χ0v) is 19.9. The van der Waals surface area contributed by atoms with Gasteiger partial charge in [0.2, 0.25) is 5.91 Å². The van der Waals surface area contributed by atoms with Gasteiger partial charge in [-0.25, -0.2) is 14.5 Å². The van der Waals surface area contributed by atoms with Crippen LogP contribution in [0.3, 0.4) is 0 Å². The third kappa shape index (κ3) is 11.3. The number of nitrogens with one attached hydrogen (secondary N) is 1. The predicted molar refractivity (Wildman–Crippen MR) is 122 cm³/mol. The maximum atomic E-state index is 12.2. The minimum Gasteiger partial charge on any atom is -0.444 e. The van der Waals surface area contributed by atoms with E-state index in [-0.39, 0.29) is 26.4 Å². The standard InChI is InChI=1S/C15H26N2O5.C6H12N2O.CH4/c1-14(2,3)21-12(19)16-8-7-9-17(11(18)10-16)13(20)22-15(4,5)6;1-8-4-2-3-7-5-6(8)9;/h7-10H2,1-6H3;7H,2-5H2,1H3;1H4. The third-order valence-electron chi connectivity index (χ3n) is 4.25. The van der Waals surface area contributed by atoms with Crippen LogP contribution in [-0.2, 0) is 19.1 Å². The molecule has 32 heavy (non-hydrogen) atoms. The van der Waals surface area contributed by atoms with Gasteiger partial charge in [0.1, 0.15) is 17.7 Å². The van der Waals surface area contributed by atoms with Crippen molar-refractivity contribution in [2.24, 2.45) is 0 Å². The van der Waals surface area contributed by atoms with E-state index in [0.29, 0.717) is 19.5 Å². The zero-order chi connectivity index (χ0) is 23.8. The molecule has 0 saturated carbocycles. The average molecular weight is 459 g/mol. The molecule has 10 heteroatoms. The number of hydrogen-bond acceptors (Lipinski definition) is 7. The molecule has 4 amide bonds. The highest BCUT2D eigenvalue weighted by molar-refractivity contribution is 5.94. The topological polar surface area (TPSA) is 108 Å². The Morgan fingerprint density at radius 3 is 1.97 bits per heavy atom. The highest BCUT2D eigenvalue weighted by Crippen LogP contribution is 2.15. The van der Waals surface area contributed by atoms with Gasteiger partial charge in [0.05, 0.1) is 6.54 Å². The molecule has 0 unspecified atom stereocenters. The van der Waals surface area contributed by atoms with Crippen molar-refractivity contribution in [1.29, 1.82) is 0 Å². The monoisotopic (exact) mass is 458 g/mol. The second kappa shape index (κ2) is 12.6. The second-order valence-electron chi connectivity index (χ2n) is 9.63. The van der Waals surface area contributed by atoms with Crippen LogP contribution in [0.4, 0.5) is 9.59 Å². The van der Waals surface area contributed by atoms with Crippen LogP contribution in [-0.4, -0.2) is 96.2 Å². The van der Waals surface area contributed by atoms with Gasteiger partial charge in [0.15, 0.2) is 0 Å². The summed E-state index contributed by atoms with van der Waals surface area (Å²) < 4.78 is 10.5. The van der Waals surface area contributed by atoms with Crippen LogP contribution in [0.15, 0.2) is 0 Å². The maximum Gasteiger partial charge on any atom is 0.417 e. The van der Waals surface area contributed by atoms with Crippen LogP contribution >= 0.6 is 0 Å². The molecule has 0 bridgehead atoms. The lowest BCUT2D eigenvalue weighted by atomic mass is 10.2. The van der Waals surface area contributed by atoms with Crippen molar-refractivity contribution in [2.75, 3.05) is 46.3 Å². The van der Waals surface area contributed by atoms with E-state index in [1.54, 1.807) is 46.4 Å². The van der Waals surface area contributed by atoms with Crippen LogP contribution in [0.5, 0.6) is 0 Å². The Balaban J connectivity index is 0.000000803. The molecule has 2 saturated heterocycles. The van der Waals surface area contributed by atoms with Gasteiger partial charge in [-0.1, -0.05) is 7.43 Å². The number of amides is 4. The molecule has 10 nitrogen and oxygen atoms in total. The first-order chi connectivity index (χ1) is 14.2. The summed E-state index contributed by atoms with van der Waals surface area (Å²) in [6.45, 7) is 13.3. The quantitative estimate of drug-likeness (QED) is 0.594. The second-order valence-corrected chi connectivity index (χ2v) is 9.63. The number of likely N-dealkylation sites (N-methyl/N-ethyl adjacent to an activating group) is 1. The number of carbonyl (C=O) groups excluding carboxylic acids is 4. The lowest BCUT2D eigenvalue weighted by molar-refractivity contribution is -0.130. The molecular formula is C22H42N4O6. The summed E-state index contributed by atoms with van der Waals surface area (Å²) >= 11 is 0. The number of carbonyl (C=O) groups is 4. The van der Waals surface area contributed by atoms with Crippen molar-refractivity contribution in [3.8, 4) is 0 Å². The summed E-state index contributed by atoms with van der Waals surface area (Å²) in [6, 6.07) is 0. The highest BCUT2D eigenvalue weighted by atomic mass is 16.6. The molecular weight excluding hydrogens is 416 g/mol. The number of ether oxygens (including phenoxy) is 2. The van der Waals surface area contributed by atoms with E-state index < -0.39 is 29.3 Å². The first-order valence-corrected chi connectivity index (χ1v) is 10.7.